The Morgan fingerprint density at radius 1 is 1.00 bits per heavy atom. The van der Waals surface area contributed by atoms with Crippen molar-refractivity contribution in [1.29, 1.82) is 0 Å². The molecule has 32 heavy (non-hydrogen) atoms. The van der Waals surface area contributed by atoms with E-state index in [1.807, 2.05) is 0 Å². The molecule has 1 amide bonds. The molecule has 10 heteroatoms. The van der Waals surface area contributed by atoms with Crippen molar-refractivity contribution < 1.29 is 9.18 Å². The number of H-pyrrole nitrogens is 1. The lowest BCUT2D eigenvalue weighted by molar-refractivity contribution is 0.102. The summed E-state index contributed by atoms with van der Waals surface area (Å²) in [4.78, 5) is 31.7. The molecular formula is C22H16FN7O2. The van der Waals surface area contributed by atoms with E-state index in [9.17, 15) is 14.0 Å². The predicted molar refractivity (Wildman–Crippen MR) is 116 cm³/mol. The maximum Gasteiger partial charge on any atom is 0.261 e. The minimum atomic E-state index is -0.441. The van der Waals surface area contributed by atoms with Crippen molar-refractivity contribution in [2.24, 2.45) is 0 Å². The fourth-order valence-corrected chi connectivity index (χ4v) is 3.49. The van der Waals surface area contributed by atoms with Crippen molar-refractivity contribution in [3.8, 4) is 11.4 Å². The summed E-state index contributed by atoms with van der Waals surface area (Å²) in [5.74, 6) is -0.858. The molecule has 0 aliphatic carbocycles. The lowest BCUT2D eigenvalue weighted by Crippen LogP contribution is -2.15. The summed E-state index contributed by atoms with van der Waals surface area (Å²) in [6.45, 7) is 1.69. The summed E-state index contributed by atoms with van der Waals surface area (Å²) in [6, 6.07) is 13.2. The molecule has 0 saturated heterocycles. The Labute approximate surface area is 180 Å². The molecule has 2 aromatic carbocycles. The van der Waals surface area contributed by atoms with Crippen LogP contribution in [-0.4, -0.2) is 35.4 Å². The second-order valence-corrected chi connectivity index (χ2v) is 7.00. The molecule has 3 heterocycles. The van der Waals surface area contributed by atoms with Gasteiger partial charge in [0.15, 0.2) is 5.65 Å². The van der Waals surface area contributed by atoms with E-state index < -0.39 is 11.7 Å². The van der Waals surface area contributed by atoms with E-state index in [1.165, 1.54) is 34.2 Å². The van der Waals surface area contributed by atoms with Gasteiger partial charge in [-0.05, 0) is 31.2 Å². The first kappa shape index (κ1) is 19.4. The molecule has 0 unspecified atom stereocenters. The van der Waals surface area contributed by atoms with Crippen LogP contribution in [0.3, 0.4) is 0 Å². The van der Waals surface area contributed by atoms with E-state index in [-0.39, 0.29) is 11.2 Å². The predicted octanol–water partition coefficient (Wildman–Crippen LogP) is 2.99. The maximum absolute atomic E-state index is 14.2. The number of hydrogen-bond acceptors (Lipinski definition) is 5. The number of nitrogens with one attached hydrogen (secondary N) is 2. The van der Waals surface area contributed by atoms with Crippen LogP contribution in [0.2, 0.25) is 0 Å². The number of aromatic amines is 1. The molecule has 0 atom stereocenters. The van der Waals surface area contributed by atoms with Crippen LogP contribution in [-0.2, 0) is 0 Å². The molecule has 5 aromatic rings. The highest BCUT2D eigenvalue weighted by Gasteiger charge is 2.19. The number of aromatic nitrogens is 6. The first-order chi connectivity index (χ1) is 15.5. The van der Waals surface area contributed by atoms with Gasteiger partial charge < -0.3 is 10.3 Å². The monoisotopic (exact) mass is 429 g/mol. The highest BCUT2D eigenvalue weighted by molar-refractivity contribution is 6.06. The number of benzene rings is 2. The smallest absolute Gasteiger partial charge is 0.261 e. The molecule has 2 N–H and O–H groups in total. The summed E-state index contributed by atoms with van der Waals surface area (Å²) in [5.41, 5.74) is 2.09. The Morgan fingerprint density at radius 2 is 1.72 bits per heavy atom. The van der Waals surface area contributed by atoms with Gasteiger partial charge in [0.25, 0.3) is 11.5 Å². The van der Waals surface area contributed by atoms with Gasteiger partial charge >= 0.3 is 0 Å². The third-order valence-electron chi connectivity index (χ3n) is 5.09. The summed E-state index contributed by atoms with van der Waals surface area (Å²) < 4.78 is 17.0. The molecule has 0 bridgehead atoms. The number of amides is 1. The number of carbonyl (C=O) groups is 1. The molecule has 0 aliphatic heterocycles. The number of para-hydroxylation sites is 3. The first-order valence-corrected chi connectivity index (χ1v) is 9.66. The third kappa shape index (κ3) is 3.14. The van der Waals surface area contributed by atoms with Gasteiger partial charge in [-0.1, -0.05) is 24.3 Å². The van der Waals surface area contributed by atoms with E-state index in [0.717, 1.165) is 0 Å². The van der Waals surface area contributed by atoms with Gasteiger partial charge in [-0.2, -0.15) is 10.2 Å². The quantitative estimate of drug-likeness (QED) is 0.456. The van der Waals surface area contributed by atoms with Gasteiger partial charge in [0.2, 0.25) is 0 Å². The molecule has 0 radical (unpaired) electrons. The standard InChI is InChI=1S/C22H16FN7O2/c1-13-14(10-26-29(13)18-8-4-2-6-16(18)23)22(32)28-17-7-3-5-9-19(17)30-20-15(11-27-30)21(31)25-12-24-20/h2-12H,1H3,(H,28,32)(H,24,25,31). The van der Waals surface area contributed by atoms with Crippen LogP contribution in [0.25, 0.3) is 22.4 Å². The third-order valence-corrected chi connectivity index (χ3v) is 5.09. The van der Waals surface area contributed by atoms with E-state index >= 15 is 0 Å². The van der Waals surface area contributed by atoms with Crippen LogP contribution < -0.4 is 10.9 Å². The van der Waals surface area contributed by atoms with E-state index in [4.69, 9.17) is 0 Å². The number of anilines is 1. The summed E-state index contributed by atoms with van der Waals surface area (Å²) >= 11 is 0. The van der Waals surface area contributed by atoms with Crippen molar-refractivity contribution in [2.75, 3.05) is 5.32 Å². The number of fused-ring (bicyclic) bond motifs is 1. The highest BCUT2D eigenvalue weighted by Crippen LogP contribution is 2.24. The molecule has 0 fully saturated rings. The number of hydrogen-bond donors (Lipinski definition) is 2. The highest BCUT2D eigenvalue weighted by atomic mass is 19.1. The van der Waals surface area contributed by atoms with Crippen molar-refractivity contribution in [2.45, 2.75) is 6.92 Å². The van der Waals surface area contributed by atoms with Gasteiger partial charge in [0, 0.05) is 0 Å². The summed E-state index contributed by atoms with van der Waals surface area (Å²) in [7, 11) is 0. The second-order valence-electron chi connectivity index (χ2n) is 7.00. The largest absolute Gasteiger partial charge is 0.320 e. The number of carbonyl (C=O) groups excluding carboxylic acids is 1. The topological polar surface area (TPSA) is 110 Å². The minimum absolute atomic E-state index is 0.253. The van der Waals surface area contributed by atoms with E-state index in [1.54, 1.807) is 49.4 Å². The number of rotatable bonds is 4. The molecule has 0 aliphatic rings. The Bertz CT molecular complexity index is 1530. The second kappa shape index (κ2) is 7.58. The minimum Gasteiger partial charge on any atom is -0.320 e. The fraction of sp³-hybridized carbons (Fsp3) is 0.0455. The Kier molecular flexibility index (Phi) is 4.59. The van der Waals surface area contributed by atoms with Crippen LogP contribution in [0, 0.1) is 12.7 Å². The van der Waals surface area contributed by atoms with Crippen LogP contribution in [0.15, 0.2) is 72.0 Å². The maximum atomic E-state index is 14.2. The van der Waals surface area contributed by atoms with E-state index in [2.05, 4.69) is 25.5 Å². The molecule has 9 nitrogen and oxygen atoms in total. The average Bonchev–Trinajstić information content (AvgIpc) is 3.39. The Morgan fingerprint density at radius 3 is 2.53 bits per heavy atom. The summed E-state index contributed by atoms with van der Waals surface area (Å²) in [5, 5.41) is 11.6. The van der Waals surface area contributed by atoms with E-state index in [0.29, 0.717) is 33.7 Å². The zero-order valence-corrected chi connectivity index (χ0v) is 16.8. The Balaban J connectivity index is 1.51. The number of halogens is 1. The fourth-order valence-electron chi connectivity index (χ4n) is 3.49. The van der Waals surface area contributed by atoms with Gasteiger partial charge in [0.1, 0.15) is 16.9 Å². The molecule has 158 valence electrons. The zero-order valence-electron chi connectivity index (χ0n) is 16.8. The van der Waals surface area contributed by atoms with Crippen molar-refractivity contribution in [3.63, 3.8) is 0 Å². The van der Waals surface area contributed by atoms with Gasteiger partial charge in [-0.15, -0.1) is 0 Å². The van der Waals surface area contributed by atoms with Crippen LogP contribution in [0.5, 0.6) is 0 Å². The zero-order chi connectivity index (χ0) is 22.2. The lowest BCUT2D eigenvalue weighted by Gasteiger charge is -2.12. The lowest BCUT2D eigenvalue weighted by atomic mass is 10.2. The first-order valence-electron chi connectivity index (χ1n) is 9.66. The molecule has 5 rings (SSSR count). The van der Waals surface area contributed by atoms with Gasteiger partial charge in [-0.25, -0.2) is 18.7 Å². The van der Waals surface area contributed by atoms with Crippen molar-refractivity contribution in [1.82, 2.24) is 29.5 Å². The summed E-state index contributed by atoms with van der Waals surface area (Å²) in [6.07, 6.45) is 4.11. The number of nitrogens with zero attached hydrogens (tertiary/aromatic N) is 5. The van der Waals surface area contributed by atoms with Gasteiger partial charge in [0.05, 0.1) is 41.4 Å². The molecule has 0 spiro atoms. The van der Waals surface area contributed by atoms with Gasteiger partial charge in [-0.3, -0.25) is 9.59 Å². The average molecular weight is 429 g/mol. The SMILES string of the molecule is Cc1c(C(=O)Nc2ccccc2-n2ncc3c(=O)[nH]cnc32)cnn1-c1ccccc1F. The van der Waals surface area contributed by atoms with Crippen LogP contribution >= 0.6 is 0 Å². The van der Waals surface area contributed by atoms with Crippen LogP contribution in [0.4, 0.5) is 10.1 Å². The molecular weight excluding hydrogens is 413 g/mol. The van der Waals surface area contributed by atoms with Crippen LogP contribution in [0.1, 0.15) is 16.1 Å². The normalized spacial score (nSPS) is 11.1. The Hall–Kier alpha value is -4.60. The van der Waals surface area contributed by atoms with Crippen molar-refractivity contribution in [3.05, 3.63) is 94.7 Å². The van der Waals surface area contributed by atoms with Crippen molar-refractivity contribution >= 4 is 22.6 Å². The molecule has 0 saturated carbocycles. The molecule has 3 aromatic heterocycles.